The first-order valence-corrected chi connectivity index (χ1v) is 13.9. The molecule has 34 heavy (non-hydrogen) atoms. The van der Waals surface area contributed by atoms with Crippen molar-refractivity contribution in [3.8, 4) is 0 Å². The van der Waals surface area contributed by atoms with Gasteiger partial charge in [0.15, 0.2) is 0 Å². The van der Waals surface area contributed by atoms with Crippen LogP contribution in [0, 0.1) is 18.8 Å². The number of carbonyl (C=O) groups is 1. The molecule has 2 saturated heterocycles. The number of nitrogens with one attached hydrogen (secondary N) is 1. The summed E-state index contributed by atoms with van der Waals surface area (Å²) in [5.41, 5.74) is 3.31. The third kappa shape index (κ3) is 5.63. The normalized spacial score (nSPS) is 22.9. The highest BCUT2D eigenvalue weighted by molar-refractivity contribution is 7.89. The van der Waals surface area contributed by atoms with Gasteiger partial charge in [0.2, 0.25) is 15.9 Å². The van der Waals surface area contributed by atoms with Crippen molar-refractivity contribution >= 4 is 21.6 Å². The van der Waals surface area contributed by atoms with Crippen LogP contribution < -0.4 is 10.2 Å². The van der Waals surface area contributed by atoms with Crippen LogP contribution in [0.3, 0.4) is 0 Å². The summed E-state index contributed by atoms with van der Waals surface area (Å²) in [7, 11) is -3.60. The number of rotatable bonds is 6. The summed E-state index contributed by atoms with van der Waals surface area (Å²) in [6.07, 6.45) is 3.90. The van der Waals surface area contributed by atoms with Crippen molar-refractivity contribution < 1.29 is 13.2 Å². The zero-order valence-corrected chi connectivity index (χ0v) is 21.4. The Bertz CT molecular complexity index is 1080. The van der Waals surface area contributed by atoms with E-state index in [0.29, 0.717) is 19.4 Å². The Morgan fingerprint density at radius 3 is 2.32 bits per heavy atom. The summed E-state index contributed by atoms with van der Waals surface area (Å²) in [4.78, 5) is 15.8. The van der Waals surface area contributed by atoms with E-state index in [1.165, 1.54) is 22.8 Å². The Morgan fingerprint density at radius 1 is 0.971 bits per heavy atom. The van der Waals surface area contributed by atoms with E-state index in [0.717, 1.165) is 30.1 Å². The molecule has 2 aliphatic rings. The van der Waals surface area contributed by atoms with Crippen molar-refractivity contribution in [3.63, 3.8) is 0 Å². The lowest BCUT2D eigenvalue weighted by atomic mass is 9.97. The number of benzene rings is 2. The summed E-state index contributed by atoms with van der Waals surface area (Å²) in [5, 5.41) is 3.12. The van der Waals surface area contributed by atoms with Crippen LogP contribution in [-0.2, 0) is 14.8 Å². The molecular formula is C27H37N3O3S. The first kappa shape index (κ1) is 24.7. The highest BCUT2D eigenvalue weighted by Crippen LogP contribution is 2.27. The molecule has 0 radical (unpaired) electrons. The van der Waals surface area contributed by atoms with Crippen LogP contribution in [0.2, 0.25) is 0 Å². The van der Waals surface area contributed by atoms with E-state index < -0.39 is 10.0 Å². The number of hydrogen-bond acceptors (Lipinski definition) is 4. The predicted molar refractivity (Wildman–Crippen MR) is 136 cm³/mol. The SMILES string of the molecule is Cc1ccc(S(=O)(=O)N2CCCC(C(=O)NC(C)c3ccc(N4CCCC(C)C4)cc3)C2)cc1. The minimum atomic E-state index is -3.60. The van der Waals surface area contributed by atoms with Gasteiger partial charge in [-0.3, -0.25) is 4.79 Å². The molecule has 1 amide bonds. The lowest BCUT2D eigenvalue weighted by Gasteiger charge is -2.33. The van der Waals surface area contributed by atoms with Crippen LogP contribution in [0.4, 0.5) is 5.69 Å². The van der Waals surface area contributed by atoms with Crippen LogP contribution in [0.1, 0.15) is 56.7 Å². The Hall–Kier alpha value is -2.38. The fraction of sp³-hybridized carbons (Fsp3) is 0.519. The predicted octanol–water partition coefficient (Wildman–Crippen LogP) is 4.51. The number of nitrogens with zero attached hydrogens (tertiary/aromatic N) is 2. The van der Waals surface area contributed by atoms with Crippen molar-refractivity contribution in [1.82, 2.24) is 9.62 Å². The number of piperidine rings is 2. The van der Waals surface area contributed by atoms with Crippen LogP contribution in [0.25, 0.3) is 0 Å². The molecule has 0 saturated carbocycles. The van der Waals surface area contributed by atoms with Gasteiger partial charge in [0.1, 0.15) is 0 Å². The van der Waals surface area contributed by atoms with Crippen LogP contribution in [0.15, 0.2) is 53.4 Å². The molecular weight excluding hydrogens is 446 g/mol. The Morgan fingerprint density at radius 2 is 1.65 bits per heavy atom. The fourth-order valence-corrected chi connectivity index (χ4v) is 6.57. The minimum absolute atomic E-state index is 0.0785. The third-order valence-electron chi connectivity index (χ3n) is 7.19. The summed E-state index contributed by atoms with van der Waals surface area (Å²) >= 11 is 0. The second kappa shape index (κ2) is 10.5. The molecule has 2 aromatic carbocycles. The summed E-state index contributed by atoms with van der Waals surface area (Å²) < 4.78 is 27.6. The van der Waals surface area contributed by atoms with Gasteiger partial charge >= 0.3 is 0 Å². The molecule has 4 rings (SSSR count). The van der Waals surface area contributed by atoms with E-state index in [1.54, 1.807) is 24.3 Å². The highest BCUT2D eigenvalue weighted by Gasteiger charge is 2.33. The lowest BCUT2D eigenvalue weighted by molar-refractivity contribution is -0.126. The van der Waals surface area contributed by atoms with Crippen LogP contribution in [0.5, 0.6) is 0 Å². The van der Waals surface area contributed by atoms with E-state index in [-0.39, 0.29) is 29.3 Å². The van der Waals surface area contributed by atoms with Gasteiger partial charge < -0.3 is 10.2 Å². The third-order valence-corrected chi connectivity index (χ3v) is 9.07. The molecule has 184 valence electrons. The standard InChI is InChI=1S/C27H37N3O3S/c1-20-8-14-26(15-9-20)34(32,33)30-17-5-7-24(19-30)27(31)28-22(3)23-10-12-25(13-11-23)29-16-4-6-21(2)18-29/h8-15,21-22,24H,4-7,16-19H2,1-3H3,(H,28,31). The average Bonchev–Trinajstić information content (AvgIpc) is 2.84. The summed E-state index contributed by atoms with van der Waals surface area (Å²) in [6, 6.07) is 15.2. The van der Waals surface area contributed by atoms with E-state index >= 15 is 0 Å². The van der Waals surface area contributed by atoms with Gasteiger partial charge in [-0.05, 0) is 75.3 Å². The van der Waals surface area contributed by atoms with Gasteiger partial charge in [0, 0.05) is 31.9 Å². The van der Waals surface area contributed by atoms with Crippen molar-refractivity contribution in [2.24, 2.45) is 11.8 Å². The van der Waals surface area contributed by atoms with Gasteiger partial charge in [-0.2, -0.15) is 4.31 Å². The smallest absolute Gasteiger partial charge is 0.243 e. The van der Waals surface area contributed by atoms with Gasteiger partial charge in [0.25, 0.3) is 0 Å². The van der Waals surface area contributed by atoms with E-state index in [2.05, 4.69) is 41.4 Å². The lowest BCUT2D eigenvalue weighted by Crippen LogP contribution is -2.45. The van der Waals surface area contributed by atoms with Crippen molar-refractivity contribution in [1.29, 1.82) is 0 Å². The maximum absolute atomic E-state index is 13.1. The monoisotopic (exact) mass is 483 g/mol. The fourth-order valence-electron chi connectivity index (χ4n) is 5.05. The number of sulfonamides is 1. The minimum Gasteiger partial charge on any atom is -0.371 e. The molecule has 2 heterocycles. The van der Waals surface area contributed by atoms with Gasteiger partial charge in [-0.1, -0.05) is 36.8 Å². The van der Waals surface area contributed by atoms with E-state index in [4.69, 9.17) is 0 Å². The molecule has 2 aromatic rings. The number of amides is 1. The van der Waals surface area contributed by atoms with E-state index in [1.807, 2.05) is 13.8 Å². The Labute approximate surface area is 204 Å². The van der Waals surface area contributed by atoms with Crippen LogP contribution >= 0.6 is 0 Å². The molecule has 0 aliphatic carbocycles. The number of hydrogen-bond donors (Lipinski definition) is 1. The summed E-state index contributed by atoms with van der Waals surface area (Å²) in [6.45, 7) is 9.08. The molecule has 6 nitrogen and oxygen atoms in total. The zero-order valence-electron chi connectivity index (χ0n) is 20.5. The largest absolute Gasteiger partial charge is 0.371 e. The molecule has 1 N–H and O–H groups in total. The molecule has 0 aromatic heterocycles. The zero-order chi connectivity index (χ0) is 24.3. The topological polar surface area (TPSA) is 69.7 Å². The Kier molecular flexibility index (Phi) is 7.63. The van der Waals surface area contributed by atoms with Crippen molar-refractivity contribution in [3.05, 3.63) is 59.7 Å². The van der Waals surface area contributed by atoms with Crippen LogP contribution in [-0.4, -0.2) is 44.8 Å². The molecule has 2 fully saturated rings. The molecule has 3 atom stereocenters. The van der Waals surface area contributed by atoms with Gasteiger partial charge in [-0.25, -0.2) is 8.42 Å². The maximum atomic E-state index is 13.1. The number of aryl methyl sites for hydroxylation is 1. The molecule has 0 bridgehead atoms. The summed E-state index contributed by atoms with van der Waals surface area (Å²) in [5.74, 6) is 0.298. The molecule has 7 heteroatoms. The first-order valence-electron chi connectivity index (χ1n) is 12.5. The quantitative estimate of drug-likeness (QED) is 0.656. The second-order valence-corrected chi connectivity index (χ2v) is 12.0. The molecule has 0 spiro atoms. The number of carbonyl (C=O) groups excluding carboxylic acids is 1. The van der Waals surface area contributed by atoms with Crippen molar-refractivity contribution in [2.75, 3.05) is 31.1 Å². The maximum Gasteiger partial charge on any atom is 0.243 e. The van der Waals surface area contributed by atoms with E-state index in [9.17, 15) is 13.2 Å². The van der Waals surface area contributed by atoms with Crippen molar-refractivity contribution in [2.45, 2.75) is 57.4 Å². The van der Waals surface area contributed by atoms with Gasteiger partial charge in [-0.15, -0.1) is 0 Å². The van der Waals surface area contributed by atoms with Gasteiger partial charge in [0.05, 0.1) is 16.9 Å². The second-order valence-electron chi connectivity index (χ2n) is 10.0. The molecule has 2 aliphatic heterocycles. The average molecular weight is 484 g/mol. The Balaban J connectivity index is 1.36. The first-order chi connectivity index (χ1) is 16.2. The number of anilines is 1. The molecule has 3 unspecified atom stereocenters. The highest BCUT2D eigenvalue weighted by atomic mass is 32.2.